The molecular formula is C21H28O8. The number of fused-ring (bicyclic) bond motifs is 1. The molecule has 0 aromatic rings. The minimum atomic E-state index is -2.10. The average molecular weight is 408 g/mol. The van der Waals surface area contributed by atoms with E-state index in [1.54, 1.807) is 6.08 Å². The summed E-state index contributed by atoms with van der Waals surface area (Å²) >= 11 is 0. The van der Waals surface area contributed by atoms with Crippen LogP contribution in [0.15, 0.2) is 35.5 Å². The van der Waals surface area contributed by atoms with Crippen molar-refractivity contribution in [3.63, 3.8) is 0 Å². The summed E-state index contributed by atoms with van der Waals surface area (Å²) < 4.78 is 16.0. The van der Waals surface area contributed by atoms with Crippen LogP contribution in [0.4, 0.5) is 0 Å². The lowest BCUT2D eigenvalue weighted by atomic mass is 9.85. The van der Waals surface area contributed by atoms with Gasteiger partial charge in [-0.3, -0.25) is 4.79 Å². The molecule has 1 aliphatic heterocycles. The number of allylic oxidation sites excluding steroid dienone is 1. The smallest absolute Gasteiger partial charge is 0.340 e. The fraction of sp³-hybridized carbons (Fsp3) is 0.571. The Balaban J connectivity index is 2.44. The van der Waals surface area contributed by atoms with Crippen LogP contribution in [0.1, 0.15) is 40.0 Å². The van der Waals surface area contributed by atoms with Crippen molar-refractivity contribution in [2.75, 3.05) is 13.2 Å². The zero-order chi connectivity index (χ0) is 21.8. The molecule has 0 aromatic heterocycles. The van der Waals surface area contributed by atoms with Crippen LogP contribution in [0.3, 0.4) is 0 Å². The van der Waals surface area contributed by atoms with Crippen LogP contribution in [0.2, 0.25) is 0 Å². The largest absolute Gasteiger partial charge is 0.461 e. The third-order valence-corrected chi connectivity index (χ3v) is 5.01. The first-order chi connectivity index (χ1) is 13.5. The van der Waals surface area contributed by atoms with Crippen molar-refractivity contribution >= 4 is 17.9 Å². The molecule has 8 nitrogen and oxygen atoms in total. The Kier molecular flexibility index (Phi) is 7.37. The summed E-state index contributed by atoms with van der Waals surface area (Å²) in [6.45, 7) is 7.32. The van der Waals surface area contributed by atoms with Gasteiger partial charge in [0.25, 0.3) is 0 Å². The van der Waals surface area contributed by atoms with Gasteiger partial charge < -0.3 is 24.4 Å². The molecule has 0 amide bonds. The SMILES string of the molecule is C=C1C(=O)O[C@H]2C/C(C)=C/CC/C(COC(C)=O)=C/[C@@H](OC(=O)C(C)(O)CO)[C@H]12. The van der Waals surface area contributed by atoms with Gasteiger partial charge in [0.15, 0.2) is 5.60 Å². The van der Waals surface area contributed by atoms with E-state index in [9.17, 15) is 24.6 Å². The van der Waals surface area contributed by atoms with E-state index >= 15 is 0 Å². The lowest BCUT2D eigenvalue weighted by Gasteiger charge is -2.29. The number of aliphatic hydroxyl groups is 2. The molecule has 29 heavy (non-hydrogen) atoms. The number of carbonyl (C=O) groups excluding carboxylic acids is 3. The summed E-state index contributed by atoms with van der Waals surface area (Å²) in [5.41, 5.74) is -0.245. The van der Waals surface area contributed by atoms with Gasteiger partial charge in [0, 0.05) is 18.9 Å². The van der Waals surface area contributed by atoms with E-state index in [2.05, 4.69) is 6.58 Å². The molecular weight excluding hydrogens is 380 g/mol. The highest BCUT2D eigenvalue weighted by atomic mass is 16.6. The first-order valence-electron chi connectivity index (χ1n) is 9.47. The molecule has 1 unspecified atom stereocenters. The van der Waals surface area contributed by atoms with E-state index in [1.165, 1.54) is 6.92 Å². The second kappa shape index (κ2) is 9.37. The van der Waals surface area contributed by atoms with Crippen LogP contribution < -0.4 is 0 Å². The molecule has 0 saturated carbocycles. The summed E-state index contributed by atoms with van der Waals surface area (Å²) in [4.78, 5) is 35.8. The molecule has 1 aliphatic carbocycles. The Morgan fingerprint density at radius 2 is 2.10 bits per heavy atom. The molecule has 4 atom stereocenters. The van der Waals surface area contributed by atoms with Crippen molar-refractivity contribution in [2.24, 2.45) is 5.92 Å². The van der Waals surface area contributed by atoms with Crippen LogP contribution in [0, 0.1) is 5.92 Å². The number of ether oxygens (including phenoxy) is 3. The van der Waals surface area contributed by atoms with Gasteiger partial charge in [-0.1, -0.05) is 18.2 Å². The quantitative estimate of drug-likeness (QED) is 0.303. The molecule has 1 heterocycles. The minimum Gasteiger partial charge on any atom is -0.461 e. The average Bonchev–Trinajstić information content (AvgIpc) is 2.91. The lowest BCUT2D eigenvalue weighted by Crippen LogP contribution is -2.44. The van der Waals surface area contributed by atoms with Crippen LogP contribution in [0.25, 0.3) is 0 Å². The summed E-state index contributed by atoms with van der Waals surface area (Å²) in [5, 5.41) is 19.3. The number of carbonyl (C=O) groups is 3. The van der Waals surface area contributed by atoms with Crippen molar-refractivity contribution in [1.82, 2.24) is 0 Å². The molecule has 0 aromatic carbocycles. The third-order valence-electron chi connectivity index (χ3n) is 5.01. The number of hydrogen-bond acceptors (Lipinski definition) is 8. The zero-order valence-corrected chi connectivity index (χ0v) is 17.0. The molecule has 2 N–H and O–H groups in total. The predicted molar refractivity (Wildman–Crippen MR) is 102 cm³/mol. The van der Waals surface area contributed by atoms with E-state index in [-0.39, 0.29) is 12.2 Å². The van der Waals surface area contributed by atoms with E-state index in [0.29, 0.717) is 24.8 Å². The van der Waals surface area contributed by atoms with Crippen molar-refractivity contribution in [3.05, 3.63) is 35.5 Å². The number of esters is 3. The topological polar surface area (TPSA) is 119 Å². The maximum atomic E-state index is 12.4. The summed E-state index contributed by atoms with van der Waals surface area (Å²) in [5.74, 6) is -2.73. The van der Waals surface area contributed by atoms with Crippen LogP contribution in [0.5, 0.6) is 0 Å². The molecule has 2 aliphatic rings. The van der Waals surface area contributed by atoms with Crippen LogP contribution >= 0.6 is 0 Å². The van der Waals surface area contributed by atoms with Gasteiger partial charge in [0.05, 0.1) is 12.5 Å². The third kappa shape index (κ3) is 5.77. The van der Waals surface area contributed by atoms with Gasteiger partial charge >= 0.3 is 17.9 Å². The fourth-order valence-corrected chi connectivity index (χ4v) is 3.29. The van der Waals surface area contributed by atoms with Gasteiger partial charge in [0.1, 0.15) is 18.8 Å². The molecule has 0 radical (unpaired) electrons. The molecule has 2 rings (SSSR count). The summed E-state index contributed by atoms with van der Waals surface area (Å²) in [7, 11) is 0. The standard InChI is InChI=1S/C21H28O8/c1-12-6-5-7-15(10-27-14(3)23)9-17(29-20(25)21(4,26)11-22)18-13(2)19(24)28-16(18)8-12/h6,9,16-18,22,26H,2,5,7-8,10-11H2,1,3-4H3/b12-6+,15-9-/t16-,17+,18+,21?/m0/s1. The van der Waals surface area contributed by atoms with Crippen LogP contribution in [-0.2, 0) is 28.6 Å². The maximum absolute atomic E-state index is 12.4. The Labute approximate surface area is 169 Å². The minimum absolute atomic E-state index is 0.00529. The zero-order valence-electron chi connectivity index (χ0n) is 17.0. The second-order valence-electron chi connectivity index (χ2n) is 7.70. The van der Waals surface area contributed by atoms with E-state index in [0.717, 1.165) is 12.5 Å². The fourth-order valence-electron chi connectivity index (χ4n) is 3.29. The molecule has 160 valence electrons. The van der Waals surface area contributed by atoms with Gasteiger partial charge in [-0.25, -0.2) is 9.59 Å². The van der Waals surface area contributed by atoms with Gasteiger partial charge in [0.2, 0.25) is 0 Å². The Morgan fingerprint density at radius 1 is 1.41 bits per heavy atom. The highest BCUT2D eigenvalue weighted by Gasteiger charge is 2.46. The van der Waals surface area contributed by atoms with Gasteiger partial charge in [-0.15, -0.1) is 0 Å². The first-order valence-corrected chi connectivity index (χ1v) is 9.47. The number of rotatable bonds is 5. The van der Waals surface area contributed by atoms with Crippen molar-refractivity contribution in [2.45, 2.75) is 57.8 Å². The van der Waals surface area contributed by atoms with E-state index in [1.807, 2.05) is 13.0 Å². The van der Waals surface area contributed by atoms with Crippen molar-refractivity contribution in [1.29, 1.82) is 0 Å². The first kappa shape index (κ1) is 22.8. The molecule has 0 spiro atoms. The Bertz CT molecular complexity index is 746. The normalized spacial score (nSPS) is 30.6. The van der Waals surface area contributed by atoms with Crippen molar-refractivity contribution < 1.29 is 38.8 Å². The highest BCUT2D eigenvalue weighted by Crippen LogP contribution is 2.37. The second-order valence-corrected chi connectivity index (χ2v) is 7.70. The number of hydrogen-bond donors (Lipinski definition) is 2. The van der Waals surface area contributed by atoms with Crippen LogP contribution in [-0.4, -0.2) is 59.1 Å². The maximum Gasteiger partial charge on any atom is 0.340 e. The molecule has 1 fully saturated rings. The predicted octanol–water partition coefficient (Wildman–Crippen LogP) is 1.36. The van der Waals surface area contributed by atoms with Crippen molar-refractivity contribution in [3.8, 4) is 0 Å². The highest BCUT2D eigenvalue weighted by molar-refractivity contribution is 5.91. The summed E-state index contributed by atoms with van der Waals surface area (Å²) in [6.07, 6.45) is 3.73. The van der Waals surface area contributed by atoms with Gasteiger partial charge in [-0.05, 0) is 38.3 Å². The molecule has 0 bridgehead atoms. The molecule has 8 heteroatoms. The summed E-state index contributed by atoms with van der Waals surface area (Å²) in [6, 6.07) is 0. The van der Waals surface area contributed by atoms with Gasteiger partial charge in [-0.2, -0.15) is 0 Å². The molecule has 1 saturated heterocycles. The van der Waals surface area contributed by atoms with E-state index in [4.69, 9.17) is 14.2 Å². The Hall–Kier alpha value is -2.45. The lowest BCUT2D eigenvalue weighted by molar-refractivity contribution is -0.173. The van der Waals surface area contributed by atoms with E-state index < -0.39 is 48.2 Å². The number of aliphatic hydroxyl groups excluding tert-OH is 1. The monoisotopic (exact) mass is 408 g/mol. The Morgan fingerprint density at radius 3 is 2.72 bits per heavy atom.